The van der Waals surface area contributed by atoms with Crippen molar-refractivity contribution in [2.24, 2.45) is 0 Å². The van der Waals surface area contributed by atoms with E-state index in [1.165, 1.54) is 0 Å². The molecule has 3 aromatic heterocycles. The van der Waals surface area contributed by atoms with Crippen LogP contribution in [0.25, 0.3) is 11.4 Å². The Morgan fingerprint density at radius 3 is 2.73 bits per heavy atom. The quantitative estimate of drug-likeness (QED) is 0.646. The minimum atomic E-state index is 0.582. The summed E-state index contributed by atoms with van der Waals surface area (Å²) in [6.07, 6.45) is 4.52. The molecular weight excluding hydrogens is 300 g/mol. The van der Waals surface area contributed by atoms with Crippen LogP contribution >= 0.6 is 11.8 Å². The van der Waals surface area contributed by atoms with Crippen LogP contribution in [0.2, 0.25) is 0 Å². The van der Waals surface area contributed by atoms with Crippen molar-refractivity contribution >= 4 is 11.8 Å². The normalized spacial score (nSPS) is 11.0. The maximum atomic E-state index is 5.13. The molecule has 0 aliphatic heterocycles. The van der Waals surface area contributed by atoms with Gasteiger partial charge in [-0.3, -0.25) is 4.98 Å². The number of hydrogen-bond donors (Lipinski definition) is 0. The van der Waals surface area contributed by atoms with Crippen LogP contribution in [0.5, 0.6) is 0 Å². The number of aromatic nitrogens is 6. The molecule has 0 spiro atoms. The molecular formula is C14H16N6OS. The van der Waals surface area contributed by atoms with Gasteiger partial charge in [-0.1, -0.05) is 23.8 Å². The largest absolute Gasteiger partial charge is 0.338 e. The zero-order valence-corrected chi connectivity index (χ0v) is 13.2. The zero-order chi connectivity index (χ0) is 15.4. The summed E-state index contributed by atoms with van der Waals surface area (Å²) in [4.78, 5) is 8.24. The van der Waals surface area contributed by atoms with Crippen LogP contribution < -0.4 is 0 Å². The Bertz CT molecular complexity index is 739. The Kier molecular flexibility index (Phi) is 4.47. The van der Waals surface area contributed by atoms with E-state index in [0.717, 1.165) is 29.5 Å². The number of aryl methyl sites for hydroxylation is 1. The van der Waals surface area contributed by atoms with Crippen molar-refractivity contribution in [1.82, 2.24) is 29.9 Å². The minimum absolute atomic E-state index is 0.582. The van der Waals surface area contributed by atoms with Crippen molar-refractivity contribution in [3.63, 3.8) is 0 Å². The van der Waals surface area contributed by atoms with Crippen LogP contribution in [0.15, 0.2) is 34.2 Å². The fourth-order valence-electron chi connectivity index (χ4n) is 2.06. The second kappa shape index (κ2) is 6.69. The molecule has 0 aliphatic carbocycles. The zero-order valence-electron chi connectivity index (χ0n) is 12.4. The average Bonchev–Trinajstić information content (AvgIpc) is 3.13. The van der Waals surface area contributed by atoms with Gasteiger partial charge in [0.2, 0.25) is 5.89 Å². The topological polar surface area (TPSA) is 82.5 Å². The van der Waals surface area contributed by atoms with Crippen molar-refractivity contribution in [3.05, 3.63) is 36.2 Å². The molecule has 0 aliphatic rings. The van der Waals surface area contributed by atoms with Gasteiger partial charge in [0, 0.05) is 24.5 Å². The lowest BCUT2D eigenvalue weighted by Gasteiger charge is -2.07. The van der Waals surface area contributed by atoms with Gasteiger partial charge in [-0.05, 0) is 25.5 Å². The number of nitrogens with zero attached hydrogens (tertiary/aromatic N) is 6. The lowest BCUT2D eigenvalue weighted by Crippen LogP contribution is -2.02. The summed E-state index contributed by atoms with van der Waals surface area (Å²) < 4.78 is 7.24. The van der Waals surface area contributed by atoms with Crippen LogP contribution in [0.4, 0.5) is 0 Å². The third-order valence-corrected chi connectivity index (χ3v) is 3.95. The maximum Gasteiger partial charge on any atom is 0.237 e. The number of rotatable bonds is 6. The van der Waals surface area contributed by atoms with Gasteiger partial charge in [0.15, 0.2) is 16.8 Å². The molecule has 0 unspecified atom stereocenters. The summed E-state index contributed by atoms with van der Waals surface area (Å²) in [6.45, 7) is 4.79. The molecule has 0 amide bonds. The Morgan fingerprint density at radius 2 is 2.05 bits per heavy atom. The molecule has 0 aromatic carbocycles. The molecule has 0 radical (unpaired) electrons. The van der Waals surface area contributed by atoms with Gasteiger partial charge < -0.3 is 9.09 Å². The molecule has 0 bridgehead atoms. The first-order valence-corrected chi connectivity index (χ1v) is 8.02. The number of thioether (sulfide) groups is 1. The third-order valence-electron chi connectivity index (χ3n) is 3.00. The lowest BCUT2D eigenvalue weighted by molar-refractivity contribution is 0.387. The molecule has 22 heavy (non-hydrogen) atoms. The van der Waals surface area contributed by atoms with Crippen LogP contribution in [0.3, 0.4) is 0 Å². The van der Waals surface area contributed by atoms with Gasteiger partial charge in [-0.2, -0.15) is 4.98 Å². The first-order chi connectivity index (χ1) is 10.8. The number of hydrogen-bond acceptors (Lipinski definition) is 7. The predicted molar refractivity (Wildman–Crippen MR) is 82.1 cm³/mol. The van der Waals surface area contributed by atoms with Crippen molar-refractivity contribution in [2.45, 2.75) is 37.7 Å². The highest BCUT2D eigenvalue weighted by Crippen LogP contribution is 2.26. The van der Waals surface area contributed by atoms with Crippen LogP contribution in [-0.2, 0) is 12.3 Å². The van der Waals surface area contributed by atoms with E-state index in [2.05, 4.69) is 36.8 Å². The Balaban J connectivity index is 1.83. The molecule has 3 aromatic rings. The van der Waals surface area contributed by atoms with E-state index in [-0.39, 0.29) is 0 Å². The van der Waals surface area contributed by atoms with Crippen LogP contribution in [-0.4, -0.2) is 29.9 Å². The smallest absolute Gasteiger partial charge is 0.237 e. The van der Waals surface area contributed by atoms with Gasteiger partial charge in [0.1, 0.15) is 0 Å². The van der Waals surface area contributed by atoms with E-state index in [1.54, 1.807) is 31.1 Å². The fraction of sp³-hybridized carbons (Fsp3) is 0.357. The van der Waals surface area contributed by atoms with E-state index in [9.17, 15) is 0 Å². The second-order valence-corrected chi connectivity index (χ2v) is 5.66. The average molecular weight is 316 g/mol. The summed E-state index contributed by atoms with van der Waals surface area (Å²) in [7, 11) is 0. The van der Waals surface area contributed by atoms with E-state index >= 15 is 0 Å². The number of pyridine rings is 1. The second-order valence-electron chi connectivity index (χ2n) is 4.72. The van der Waals surface area contributed by atoms with Crippen LogP contribution in [0, 0.1) is 6.92 Å². The maximum absolute atomic E-state index is 5.13. The molecule has 0 atom stereocenters. The molecule has 0 saturated heterocycles. The minimum Gasteiger partial charge on any atom is -0.338 e. The monoisotopic (exact) mass is 316 g/mol. The summed E-state index contributed by atoms with van der Waals surface area (Å²) in [5, 5.41) is 13.3. The molecule has 7 nitrogen and oxygen atoms in total. The summed E-state index contributed by atoms with van der Waals surface area (Å²) >= 11 is 1.55. The van der Waals surface area contributed by atoms with Gasteiger partial charge >= 0.3 is 0 Å². The summed E-state index contributed by atoms with van der Waals surface area (Å²) in [5.41, 5.74) is 1.01. The van der Waals surface area contributed by atoms with E-state index in [0.29, 0.717) is 17.5 Å². The summed E-state index contributed by atoms with van der Waals surface area (Å²) in [6, 6.07) is 3.87. The molecule has 114 valence electrons. The standard InChI is InChI=1S/C14H16N6OS/c1-3-8-20-13(11-4-6-15-7-5-11)17-18-14(20)22-9-12-16-10(2)19-21-12/h4-7H,3,8-9H2,1-2H3. The Labute approximate surface area is 132 Å². The lowest BCUT2D eigenvalue weighted by atomic mass is 10.2. The molecule has 0 saturated carbocycles. The van der Waals surface area contributed by atoms with Crippen molar-refractivity contribution in [3.8, 4) is 11.4 Å². The third kappa shape index (κ3) is 3.16. The molecule has 3 heterocycles. The van der Waals surface area contributed by atoms with Crippen molar-refractivity contribution < 1.29 is 4.52 Å². The first-order valence-electron chi connectivity index (χ1n) is 7.03. The summed E-state index contributed by atoms with van der Waals surface area (Å²) in [5.74, 6) is 2.68. The van der Waals surface area contributed by atoms with Crippen LogP contribution in [0.1, 0.15) is 25.1 Å². The highest BCUT2D eigenvalue weighted by atomic mass is 32.2. The molecule has 0 N–H and O–H groups in total. The van der Waals surface area contributed by atoms with Crippen molar-refractivity contribution in [2.75, 3.05) is 0 Å². The first kappa shape index (κ1) is 14.7. The Morgan fingerprint density at radius 1 is 1.23 bits per heavy atom. The van der Waals surface area contributed by atoms with E-state index in [1.807, 2.05) is 12.1 Å². The Hall–Kier alpha value is -2.22. The molecule has 0 fully saturated rings. The van der Waals surface area contributed by atoms with Gasteiger partial charge in [0.25, 0.3) is 0 Å². The predicted octanol–water partition coefficient (Wildman–Crippen LogP) is 2.73. The molecule has 8 heteroatoms. The van der Waals surface area contributed by atoms with Crippen molar-refractivity contribution in [1.29, 1.82) is 0 Å². The van der Waals surface area contributed by atoms with E-state index < -0.39 is 0 Å². The van der Waals surface area contributed by atoms with Gasteiger partial charge in [0.05, 0.1) is 5.75 Å². The van der Waals surface area contributed by atoms with Gasteiger partial charge in [-0.25, -0.2) is 0 Å². The highest BCUT2D eigenvalue weighted by molar-refractivity contribution is 7.98. The van der Waals surface area contributed by atoms with E-state index in [4.69, 9.17) is 4.52 Å². The SMILES string of the molecule is CCCn1c(SCc2nc(C)no2)nnc1-c1ccncc1. The fourth-order valence-corrected chi connectivity index (χ4v) is 2.86. The molecule has 3 rings (SSSR count). The highest BCUT2D eigenvalue weighted by Gasteiger charge is 2.15. The van der Waals surface area contributed by atoms with Gasteiger partial charge in [-0.15, -0.1) is 10.2 Å².